The molecule has 1 rings (SSSR count). The fraction of sp³-hybridized carbons (Fsp3) is 0.455. The van der Waals surface area contributed by atoms with Crippen LogP contribution in [-0.2, 0) is 0 Å². The van der Waals surface area contributed by atoms with Crippen molar-refractivity contribution >= 4 is 29.2 Å². The topological polar surface area (TPSA) is 105 Å². The van der Waals surface area contributed by atoms with Crippen LogP contribution in [0.3, 0.4) is 0 Å². The van der Waals surface area contributed by atoms with Gasteiger partial charge >= 0.3 is 5.97 Å². The SMILES string of the molecule is CSC(C)(C)CNc1ncc([N+](=O)[O-])cc1C(=O)O. The van der Waals surface area contributed by atoms with Gasteiger partial charge in [0.1, 0.15) is 17.6 Å². The smallest absolute Gasteiger partial charge is 0.339 e. The number of thioether (sulfide) groups is 1. The van der Waals surface area contributed by atoms with Crippen LogP contribution < -0.4 is 5.32 Å². The summed E-state index contributed by atoms with van der Waals surface area (Å²) < 4.78 is -0.0980. The molecule has 0 aromatic carbocycles. The molecule has 0 aliphatic rings. The Labute approximate surface area is 114 Å². The molecule has 104 valence electrons. The lowest BCUT2D eigenvalue weighted by atomic mass is 10.2. The number of hydrogen-bond donors (Lipinski definition) is 2. The molecule has 0 spiro atoms. The van der Waals surface area contributed by atoms with Crippen LogP contribution in [0.25, 0.3) is 0 Å². The van der Waals surface area contributed by atoms with E-state index in [9.17, 15) is 14.9 Å². The van der Waals surface area contributed by atoms with E-state index in [1.807, 2.05) is 20.1 Å². The Bertz CT molecular complexity index is 505. The lowest BCUT2D eigenvalue weighted by molar-refractivity contribution is -0.385. The highest BCUT2D eigenvalue weighted by molar-refractivity contribution is 7.99. The molecule has 8 heteroatoms. The number of hydrogen-bond acceptors (Lipinski definition) is 6. The van der Waals surface area contributed by atoms with E-state index < -0.39 is 10.9 Å². The van der Waals surface area contributed by atoms with E-state index in [0.29, 0.717) is 6.54 Å². The quantitative estimate of drug-likeness (QED) is 0.609. The van der Waals surface area contributed by atoms with Crippen molar-refractivity contribution in [2.45, 2.75) is 18.6 Å². The summed E-state index contributed by atoms with van der Waals surface area (Å²) in [6, 6.07) is 1.00. The molecule has 0 aliphatic carbocycles. The van der Waals surface area contributed by atoms with Crippen molar-refractivity contribution in [3.8, 4) is 0 Å². The number of carboxylic acids is 1. The number of nitrogens with one attached hydrogen (secondary N) is 1. The zero-order chi connectivity index (χ0) is 14.6. The lowest BCUT2D eigenvalue weighted by Crippen LogP contribution is -2.27. The molecule has 19 heavy (non-hydrogen) atoms. The Morgan fingerprint density at radius 1 is 1.63 bits per heavy atom. The minimum absolute atomic E-state index is 0.0980. The van der Waals surface area contributed by atoms with Crippen LogP contribution in [0, 0.1) is 10.1 Å². The molecule has 0 radical (unpaired) electrons. The molecule has 1 aromatic heterocycles. The van der Waals surface area contributed by atoms with Gasteiger partial charge in [0.2, 0.25) is 0 Å². The standard InChI is InChI=1S/C11H15N3O4S/c1-11(2,19-3)6-13-9-8(10(15)16)4-7(5-12-9)14(17)18/h4-5H,6H2,1-3H3,(H,12,13)(H,15,16). The highest BCUT2D eigenvalue weighted by Crippen LogP contribution is 2.24. The fourth-order valence-corrected chi connectivity index (χ4v) is 1.44. The van der Waals surface area contributed by atoms with Crippen molar-refractivity contribution in [2.75, 3.05) is 18.1 Å². The van der Waals surface area contributed by atoms with Crippen LogP contribution in [0.1, 0.15) is 24.2 Å². The Morgan fingerprint density at radius 3 is 2.74 bits per heavy atom. The summed E-state index contributed by atoms with van der Waals surface area (Å²) in [7, 11) is 0. The maximum atomic E-state index is 11.1. The Kier molecular flexibility index (Phi) is 4.71. The lowest BCUT2D eigenvalue weighted by Gasteiger charge is -2.22. The van der Waals surface area contributed by atoms with E-state index in [4.69, 9.17) is 5.11 Å². The summed E-state index contributed by atoms with van der Waals surface area (Å²) in [5.74, 6) is -1.11. The van der Waals surface area contributed by atoms with E-state index >= 15 is 0 Å². The Hall–Kier alpha value is -1.83. The summed E-state index contributed by atoms with van der Waals surface area (Å²) in [4.78, 5) is 24.8. The number of anilines is 1. The molecule has 1 aromatic rings. The molecule has 0 fully saturated rings. The van der Waals surface area contributed by atoms with Gasteiger partial charge in [0.15, 0.2) is 0 Å². The van der Waals surface area contributed by atoms with E-state index in [2.05, 4.69) is 10.3 Å². The zero-order valence-corrected chi connectivity index (χ0v) is 11.7. The second-order valence-corrected chi connectivity index (χ2v) is 5.98. The van der Waals surface area contributed by atoms with Gasteiger partial charge in [-0.3, -0.25) is 10.1 Å². The normalized spacial score (nSPS) is 11.1. The summed E-state index contributed by atoms with van der Waals surface area (Å²) >= 11 is 1.62. The van der Waals surface area contributed by atoms with E-state index in [0.717, 1.165) is 12.3 Å². The highest BCUT2D eigenvalue weighted by Gasteiger charge is 2.20. The molecular weight excluding hydrogens is 270 g/mol. The molecule has 0 aliphatic heterocycles. The van der Waals surface area contributed by atoms with Gasteiger partial charge in [-0.1, -0.05) is 0 Å². The minimum Gasteiger partial charge on any atom is -0.478 e. The van der Waals surface area contributed by atoms with Crippen LogP contribution in [0.4, 0.5) is 11.5 Å². The zero-order valence-electron chi connectivity index (χ0n) is 10.8. The van der Waals surface area contributed by atoms with E-state index in [1.54, 1.807) is 11.8 Å². The predicted molar refractivity (Wildman–Crippen MR) is 73.9 cm³/mol. The molecule has 0 saturated carbocycles. The first-order chi connectivity index (χ1) is 8.76. The first kappa shape index (κ1) is 15.2. The van der Waals surface area contributed by atoms with Gasteiger partial charge in [0.05, 0.1) is 4.92 Å². The third-order valence-electron chi connectivity index (χ3n) is 2.55. The molecule has 0 bridgehead atoms. The maximum Gasteiger partial charge on any atom is 0.339 e. The first-order valence-corrected chi connectivity index (χ1v) is 6.66. The van der Waals surface area contributed by atoms with Crippen LogP contribution in [-0.4, -0.2) is 38.5 Å². The van der Waals surface area contributed by atoms with E-state index in [-0.39, 0.29) is 21.8 Å². The van der Waals surface area contributed by atoms with Crippen molar-refractivity contribution in [3.05, 3.63) is 27.9 Å². The molecule has 0 atom stereocenters. The van der Waals surface area contributed by atoms with Crippen LogP contribution in [0.2, 0.25) is 0 Å². The second-order valence-electron chi connectivity index (χ2n) is 4.47. The number of carbonyl (C=O) groups is 1. The summed E-state index contributed by atoms with van der Waals surface area (Å²) in [5.41, 5.74) is -0.543. The summed E-state index contributed by atoms with van der Waals surface area (Å²) in [6.45, 7) is 4.49. The van der Waals surface area contributed by atoms with Gasteiger partial charge in [-0.25, -0.2) is 9.78 Å². The molecule has 2 N–H and O–H groups in total. The number of nitrogens with zero attached hydrogens (tertiary/aromatic N) is 2. The van der Waals surface area contributed by atoms with Crippen molar-refractivity contribution in [1.29, 1.82) is 0 Å². The number of carboxylic acid groups (broad SMARTS) is 1. The largest absolute Gasteiger partial charge is 0.478 e. The highest BCUT2D eigenvalue weighted by atomic mass is 32.2. The molecule has 0 unspecified atom stereocenters. The van der Waals surface area contributed by atoms with Crippen molar-refractivity contribution < 1.29 is 14.8 Å². The maximum absolute atomic E-state index is 11.1. The van der Waals surface area contributed by atoms with Crippen LogP contribution in [0.5, 0.6) is 0 Å². The number of pyridine rings is 1. The molecule has 7 nitrogen and oxygen atoms in total. The average molecular weight is 285 g/mol. The van der Waals surface area contributed by atoms with Gasteiger partial charge < -0.3 is 10.4 Å². The van der Waals surface area contributed by atoms with Crippen LogP contribution in [0.15, 0.2) is 12.3 Å². The fourth-order valence-electron chi connectivity index (χ4n) is 1.23. The molecule has 0 amide bonds. The van der Waals surface area contributed by atoms with Gasteiger partial charge in [-0.2, -0.15) is 11.8 Å². The minimum atomic E-state index is -1.25. The van der Waals surface area contributed by atoms with Crippen molar-refractivity contribution in [2.24, 2.45) is 0 Å². The molecular formula is C11H15N3O4S. The average Bonchev–Trinajstić information content (AvgIpc) is 2.36. The summed E-state index contributed by atoms with van der Waals surface area (Å²) in [5, 5.41) is 22.6. The predicted octanol–water partition coefficient (Wildman–Crippen LogP) is 2.24. The second kappa shape index (κ2) is 5.87. The van der Waals surface area contributed by atoms with Gasteiger partial charge in [0, 0.05) is 17.4 Å². The van der Waals surface area contributed by atoms with Gasteiger partial charge in [-0.15, -0.1) is 0 Å². The first-order valence-electron chi connectivity index (χ1n) is 5.43. The number of rotatable bonds is 6. The van der Waals surface area contributed by atoms with Crippen molar-refractivity contribution in [3.63, 3.8) is 0 Å². The number of aromatic nitrogens is 1. The van der Waals surface area contributed by atoms with Crippen molar-refractivity contribution in [1.82, 2.24) is 4.98 Å². The third-order valence-corrected chi connectivity index (χ3v) is 3.80. The number of nitro groups is 1. The Balaban J connectivity index is 3.01. The molecule has 1 heterocycles. The number of aromatic carboxylic acids is 1. The molecule has 0 saturated heterocycles. The summed E-state index contributed by atoms with van der Waals surface area (Å²) in [6.07, 6.45) is 2.99. The van der Waals surface area contributed by atoms with Crippen LogP contribution >= 0.6 is 11.8 Å². The monoisotopic (exact) mass is 285 g/mol. The van der Waals surface area contributed by atoms with E-state index in [1.165, 1.54) is 0 Å². The Morgan fingerprint density at radius 2 is 2.26 bits per heavy atom. The third kappa shape index (κ3) is 4.09. The van der Waals surface area contributed by atoms with Gasteiger partial charge in [0.25, 0.3) is 5.69 Å². The van der Waals surface area contributed by atoms with Gasteiger partial charge in [-0.05, 0) is 20.1 Å².